The second-order valence-electron chi connectivity index (χ2n) is 5.72. The van der Waals surface area contributed by atoms with Gasteiger partial charge in [0.05, 0.1) is 16.0 Å². The highest BCUT2D eigenvalue weighted by Gasteiger charge is 2.06. The van der Waals surface area contributed by atoms with Crippen molar-refractivity contribution in [2.75, 3.05) is 6.61 Å². The lowest BCUT2D eigenvalue weighted by Gasteiger charge is -2.03. The van der Waals surface area contributed by atoms with Crippen molar-refractivity contribution in [3.63, 3.8) is 0 Å². The molecular formula is C20H19NO3S2. The van der Waals surface area contributed by atoms with Gasteiger partial charge in [-0.05, 0) is 41.6 Å². The third-order valence-electron chi connectivity index (χ3n) is 3.73. The number of benzene rings is 1. The van der Waals surface area contributed by atoms with Gasteiger partial charge in [-0.3, -0.25) is 9.59 Å². The summed E-state index contributed by atoms with van der Waals surface area (Å²) in [6, 6.07) is 11.3. The van der Waals surface area contributed by atoms with Gasteiger partial charge in [0.1, 0.15) is 10.4 Å². The van der Waals surface area contributed by atoms with Crippen LogP contribution in [-0.4, -0.2) is 17.0 Å². The highest BCUT2D eigenvalue weighted by atomic mass is 32.1. The maximum atomic E-state index is 12.5. The van der Waals surface area contributed by atoms with Gasteiger partial charge in [-0.25, -0.2) is 0 Å². The Morgan fingerprint density at radius 3 is 2.65 bits per heavy atom. The fourth-order valence-corrected chi connectivity index (χ4v) is 4.01. The molecule has 0 bridgehead atoms. The first-order valence-corrected chi connectivity index (χ1v) is 9.98. The van der Waals surface area contributed by atoms with Crippen LogP contribution < -0.4 is 19.5 Å². The van der Waals surface area contributed by atoms with E-state index in [1.54, 1.807) is 13.1 Å². The number of rotatable bonds is 6. The Bertz CT molecular complexity index is 1060. The van der Waals surface area contributed by atoms with E-state index in [-0.39, 0.29) is 11.3 Å². The third kappa shape index (κ3) is 4.20. The Labute approximate surface area is 159 Å². The Hall–Kier alpha value is -2.44. The van der Waals surface area contributed by atoms with Crippen LogP contribution in [0.1, 0.15) is 28.6 Å². The summed E-state index contributed by atoms with van der Waals surface area (Å²) in [5, 5.41) is 1.86. The van der Waals surface area contributed by atoms with Crippen LogP contribution in [0.15, 0.2) is 46.6 Å². The maximum absolute atomic E-state index is 12.5. The summed E-state index contributed by atoms with van der Waals surface area (Å²) in [6.07, 6.45) is 4.32. The topological polar surface area (TPSA) is 48.3 Å². The highest BCUT2D eigenvalue weighted by Crippen LogP contribution is 2.13. The summed E-state index contributed by atoms with van der Waals surface area (Å²) in [7, 11) is 1.69. The molecule has 2 aromatic heterocycles. The lowest BCUT2D eigenvalue weighted by molar-refractivity contribution is 0.106. The predicted molar refractivity (Wildman–Crippen MR) is 108 cm³/mol. The number of ketones is 1. The van der Waals surface area contributed by atoms with Crippen LogP contribution in [0, 0.1) is 0 Å². The number of nitrogens with zero attached hydrogens (tertiary/aromatic N) is 1. The number of ether oxygens (including phenoxy) is 1. The van der Waals surface area contributed by atoms with Gasteiger partial charge in [-0.15, -0.1) is 22.7 Å². The van der Waals surface area contributed by atoms with Crippen LogP contribution in [0.2, 0.25) is 0 Å². The van der Waals surface area contributed by atoms with Crippen molar-refractivity contribution in [3.8, 4) is 5.75 Å². The highest BCUT2D eigenvalue weighted by molar-refractivity contribution is 7.12. The fourth-order valence-electron chi connectivity index (χ4n) is 2.34. The average molecular weight is 386 g/mol. The standard InChI is InChI=1S/C20H19NO3S2/c1-3-10-24-15-8-6-14(7-9-15)12-18-20(23)21(2)19(26-18)13-16(22)17-5-4-11-25-17/h4-9,11-13H,3,10H2,1-2H3/b18-12-,19-13-. The second-order valence-corrected chi connectivity index (χ2v) is 7.73. The van der Waals surface area contributed by atoms with Crippen molar-refractivity contribution in [2.45, 2.75) is 13.3 Å². The Morgan fingerprint density at radius 2 is 2.00 bits per heavy atom. The van der Waals surface area contributed by atoms with E-state index in [4.69, 9.17) is 4.74 Å². The van der Waals surface area contributed by atoms with Gasteiger partial charge in [0, 0.05) is 13.1 Å². The van der Waals surface area contributed by atoms with Crippen LogP contribution in [0.3, 0.4) is 0 Å². The van der Waals surface area contributed by atoms with E-state index in [1.807, 2.05) is 41.8 Å². The molecule has 4 nitrogen and oxygen atoms in total. The van der Waals surface area contributed by atoms with Crippen molar-refractivity contribution >= 4 is 40.6 Å². The number of carbonyl (C=O) groups excluding carboxylic acids is 1. The summed E-state index contributed by atoms with van der Waals surface area (Å²) in [5.74, 6) is 0.736. The molecule has 0 fully saturated rings. The molecule has 0 aliphatic rings. The van der Waals surface area contributed by atoms with Crippen LogP contribution in [0.4, 0.5) is 0 Å². The number of carbonyl (C=O) groups is 1. The first kappa shape index (κ1) is 18.4. The minimum atomic E-state index is -0.105. The van der Waals surface area contributed by atoms with Gasteiger partial charge in [0.25, 0.3) is 5.56 Å². The van der Waals surface area contributed by atoms with Crippen LogP contribution >= 0.6 is 22.7 Å². The van der Waals surface area contributed by atoms with Gasteiger partial charge >= 0.3 is 0 Å². The molecule has 26 heavy (non-hydrogen) atoms. The third-order valence-corrected chi connectivity index (χ3v) is 5.73. The fraction of sp³-hybridized carbons (Fsp3) is 0.200. The zero-order valence-corrected chi connectivity index (χ0v) is 16.2. The number of Topliss-reactive ketones (excluding diaryl/α,β-unsaturated/α-hetero) is 1. The molecule has 0 N–H and O–H groups in total. The molecule has 3 aromatic rings. The summed E-state index contributed by atoms with van der Waals surface area (Å²) in [6.45, 7) is 2.75. The molecule has 0 aliphatic carbocycles. The van der Waals surface area contributed by atoms with Crippen LogP contribution in [0.5, 0.6) is 5.75 Å². The molecule has 0 radical (unpaired) electrons. The lowest BCUT2D eigenvalue weighted by Crippen LogP contribution is -2.29. The molecule has 0 aliphatic heterocycles. The van der Waals surface area contributed by atoms with Gasteiger partial charge in [-0.2, -0.15) is 0 Å². The SMILES string of the molecule is CCCOc1ccc(/C=c2\s/c(=C\C(=O)c3cccs3)n(C)c2=O)cc1. The molecule has 0 saturated carbocycles. The molecule has 0 atom stereocenters. The molecule has 2 heterocycles. The van der Waals surface area contributed by atoms with Gasteiger partial charge in [0.2, 0.25) is 0 Å². The zero-order valence-electron chi connectivity index (χ0n) is 14.6. The smallest absolute Gasteiger partial charge is 0.268 e. The van der Waals surface area contributed by atoms with Crippen molar-refractivity contribution in [1.82, 2.24) is 4.57 Å². The van der Waals surface area contributed by atoms with Crippen molar-refractivity contribution in [1.29, 1.82) is 0 Å². The van der Waals surface area contributed by atoms with Crippen molar-refractivity contribution in [2.24, 2.45) is 7.05 Å². The molecular weight excluding hydrogens is 366 g/mol. The van der Waals surface area contributed by atoms with Crippen LogP contribution in [0.25, 0.3) is 12.2 Å². The monoisotopic (exact) mass is 385 g/mol. The molecule has 1 aromatic carbocycles. The van der Waals surface area contributed by atoms with Crippen LogP contribution in [-0.2, 0) is 7.05 Å². The number of hydrogen-bond donors (Lipinski definition) is 0. The molecule has 134 valence electrons. The summed E-state index contributed by atoms with van der Waals surface area (Å²) in [5.41, 5.74) is 0.815. The maximum Gasteiger partial charge on any atom is 0.268 e. The molecule has 0 amide bonds. The summed E-state index contributed by atoms with van der Waals surface area (Å²) >= 11 is 2.71. The minimum absolute atomic E-state index is 0.0826. The second kappa shape index (κ2) is 8.29. The molecule has 3 rings (SSSR count). The Balaban J connectivity index is 1.93. The summed E-state index contributed by atoms with van der Waals surface area (Å²) < 4.78 is 8.32. The predicted octanol–water partition coefficient (Wildman–Crippen LogP) is 2.79. The first-order chi connectivity index (χ1) is 12.6. The number of thiophene rings is 1. The molecule has 0 spiro atoms. The quantitative estimate of drug-likeness (QED) is 0.613. The van der Waals surface area contributed by atoms with E-state index in [1.165, 1.54) is 33.3 Å². The summed E-state index contributed by atoms with van der Waals surface area (Å²) in [4.78, 5) is 25.4. The van der Waals surface area contributed by atoms with Gasteiger partial charge in [-0.1, -0.05) is 25.1 Å². The zero-order chi connectivity index (χ0) is 18.5. The van der Waals surface area contributed by atoms with Crippen molar-refractivity contribution < 1.29 is 9.53 Å². The van der Waals surface area contributed by atoms with E-state index in [0.29, 0.717) is 20.7 Å². The molecule has 6 heteroatoms. The average Bonchev–Trinajstić information content (AvgIpc) is 3.27. The Morgan fingerprint density at radius 1 is 1.23 bits per heavy atom. The molecule has 0 saturated heterocycles. The minimum Gasteiger partial charge on any atom is -0.494 e. The van der Waals surface area contributed by atoms with Gasteiger partial charge in [0.15, 0.2) is 5.78 Å². The largest absolute Gasteiger partial charge is 0.494 e. The van der Waals surface area contributed by atoms with Crippen molar-refractivity contribution in [3.05, 3.63) is 71.8 Å². The first-order valence-electron chi connectivity index (χ1n) is 8.28. The van der Waals surface area contributed by atoms with E-state index < -0.39 is 0 Å². The van der Waals surface area contributed by atoms with E-state index in [0.717, 1.165) is 17.7 Å². The number of hydrogen-bond acceptors (Lipinski definition) is 5. The van der Waals surface area contributed by atoms with E-state index in [2.05, 4.69) is 6.92 Å². The normalized spacial score (nSPS) is 12.5. The molecule has 0 unspecified atom stereocenters. The van der Waals surface area contributed by atoms with E-state index in [9.17, 15) is 9.59 Å². The number of aromatic nitrogens is 1. The number of thiazole rings is 1. The Kier molecular flexibility index (Phi) is 5.85. The lowest BCUT2D eigenvalue weighted by atomic mass is 10.2. The van der Waals surface area contributed by atoms with Gasteiger partial charge < -0.3 is 9.30 Å². The van der Waals surface area contributed by atoms with E-state index >= 15 is 0 Å².